The zero-order valence-corrected chi connectivity index (χ0v) is 10.1. The standard InChI is InChI=1S/C11H22N2O3/c1-3-5-6-8-12-11(16)13-9(7-4-2)10(14)15/h9H,3-8H2,1-2H3,(H,14,15)(H2,12,13,16)/t9-/m1/s1. The van der Waals surface area contributed by atoms with E-state index in [0.717, 1.165) is 25.7 Å². The van der Waals surface area contributed by atoms with Crippen LogP contribution in [0.1, 0.15) is 46.0 Å². The Kier molecular flexibility index (Phi) is 8.29. The van der Waals surface area contributed by atoms with Gasteiger partial charge in [0.15, 0.2) is 0 Å². The molecule has 0 radical (unpaired) electrons. The summed E-state index contributed by atoms with van der Waals surface area (Å²) in [6.07, 6.45) is 4.27. The van der Waals surface area contributed by atoms with E-state index in [1.165, 1.54) is 0 Å². The Bertz CT molecular complexity index is 219. The van der Waals surface area contributed by atoms with E-state index < -0.39 is 18.0 Å². The highest BCUT2D eigenvalue weighted by atomic mass is 16.4. The van der Waals surface area contributed by atoms with Crippen LogP contribution in [0.25, 0.3) is 0 Å². The Morgan fingerprint density at radius 2 is 1.88 bits per heavy atom. The van der Waals surface area contributed by atoms with Crippen LogP contribution in [0.3, 0.4) is 0 Å². The second-order valence-electron chi connectivity index (χ2n) is 3.79. The summed E-state index contributed by atoms with van der Waals surface area (Å²) in [6, 6.07) is -1.17. The van der Waals surface area contributed by atoms with Crippen molar-refractivity contribution in [3.63, 3.8) is 0 Å². The second kappa shape index (κ2) is 9.00. The molecule has 0 aliphatic carbocycles. The molecule has 2 amide bonds. The Morgan fingerprint density at radius 3 is 2.38 bits per heavy atom. The molecular formula is C11H22N2O3. The van der Waals surface area contributed by atoms with Crippen molar-refractivity contribution in [1.29, 1.82) is 0 Å². The van der Waals surface area contributed by atoms with E-state index in [-0.39, 0.29) is 0 Å². The Labute approximate surface area is 96.6 Å². The van der Waals surface area contributed by atoms with Crippen molar-refractivity contribution in [3.8, 4) is 0 Å². The molecule has 0 unspecified atom stereocenters. The van der Waals surface area contributed by atoms with E-state index in [1.54, 1.807) is 0 Å². The van der Waals surface area contributed by atoms with Crippen LogP contribution in [0.15, 0.2) is 0 Å². The molecule has 3 N–H and O–H groups in total. The number of hydrogen-bond acceptors (Lipinski definition) is 2. The quantitative estimate of drug-likeness (QED) is 0.556. The van der Waals surface area contributed by atoms with Crippen molar-refractivity contribution in [2.24, 2.45) is 0 Å². The summed E-state index contributed by atoms with van der Waals surface area (Å²) in [5.41, 5.74) is 0. The van der Waals surface area contributed by atoms with Crippen molar-refractivity contribution in [1.82, 2.24) is 10.6 Å². The number of unbranched alkanes of at least 4 members (excludes halogenated alkanes) is 2. The van der Waals surface area contributed by atoms with Gasteiger partial charge in [-0.2, -0.15) is 0 Å². The zero-order chi connectivity index (χ0) is 12.4. The third-order valence-corrected chi connectivity index (χ3v) is 2.25. The van der Waals surface area contributed by atoms with Crippen molar-refractivity contribution in [2.45, 2.75) is 52.0 Å². The maximum atomic E-state index is 11.3. The van der Waals surface area contributed by atoms with E-state index >= 15 is 0 Å². The third kappa shape index (κ3) is 7.09. The normalized spacial score (nSPS) is 11.9. The van der Waals surface area contributed by atoms with Gasteiger partial charge in [-0.15, -0.1) is 0 Å². The van der Waals surface area contributed by atoms with Crippen LogP contribution < -0.4 is 10.6 Å². The summed E-state index contributed by atoms with van der Waals surface area (Å²) in [5.74, 6) is -0.981. The SMILES string of the molecule is CCCCCNC(=O)N[C@H](CCC)C(=O)O. The maximum absolute atomic E-state index is 11.3. The number of aliphatic carboxylic acids is 1. The van der Waals surface area contributed by atoms with Gasteiger partial charge in [-0.25, -0.2) is 9.59 Å². The van der Waals surface area contributed by atoms with Gasteiger partial charge >= 0.3 is 12.0 Å². The number of carbonyl (C=O) groups is 2. The van der Waals surface area contributed by atoms with E-state index in [2.05, 4.69) is 17.6 Å². The summed E-state index contributed by atoms with van der Waals surface area (Å²) in [4.78, 5) is 22.1. The molecule has 0 saturated heterocycles. The summed E-state index contributed by atoms with van der Waals surface area (Å²) in [6.45, 7) is 4.57. The number of carbonyl (C=O) groups excluding carboxylic acids is 1. The van der Waals surface area contributed by atoms with Crippen LogP contribution in [0.4, 0.5) is 4.79 Å². The Morgan fingerprint density at radius 1 is 1.19 bits per heavy atom. The fourth-order valence-corrected chi connectivity index (χ4v) is 1.33. The number of hydrogen-bond donors (Lipinski definition) is 3. The number of urea groups is 1. The summed E-state index contributed by atoms with van der Waals surface area (Å²) in [7, 11) is 0. The summed E-state index contributed by atoms with van der Waals surface area (Å²) < 4.78 is 0. The molecule has 5 heteroatoms. The maximum Gasteiger partial charge on any atom is 0.326 e. The minimum Gasteiger partial charge on any atom is -0.480 e. The molecule has 0 bridgehead atoms. The van der Waals surface area contributed by atoms with Crippen LogP contribution in [-0.4, -0.2) is 29.7 Å². The largest absolute Gasteiger partial charge is 0.480 e. The van der Waals surface area contributed by atoms with Gasteiger partial charge < -0.3 is 15.7 Å². The topological polar surface area (TPSA) is 78.4 Å². The van der Waals surface area contributed by atoms with Gasteiger partial charge in [0.25, 0.3) is 0 Å². The van der Waals surface area contributed by atoms with Crippen LogP contribution in [0, 0.1) is 0 Å². The number of rotatable bonds is 8. The molecule has 16 heavy (non-hydrogen) atoms. The monoisotopic (exact) mass is 230 g/mol. The van der Waals surface area contributed by atoms with Gasteiger partial charge in [-0.3, -0.25) is 0 Å². The minimum atomic E-state index is -0.981. The summed E-state index contributed by atoms with van der Waals surface area (Å²) >= 11 is 0. The second-order valence-corrected chi connectivity index (χ2v) is 3.79. The van der Waals surface area contributed by atoms with Gasteiger partial charge in [0, 0.05) is 6.54 Å². The molecule has 0 aromatic carbocycles. The lowest BCUT2D eigenvalue weighted by Crippen LogP contribution is -2.46. The first-order valence-corrected chi connectivity index (χ1v) is 5.89. The highest BCUT2D eigenvalue weighted by Crippen LogP contribution is 1.96. The number of nitrogens with one attached hydrogen (secondary N) is 2. The first-order valence-electron chi connectivity index (χ1n) is 5.89. The molecule has 0 fully saturated rings. The fourth-order valence-electron chi connectivity index (χ4n) is 1.33. The van der Waals surface area contributed by atoms with Gasteiger partial charge in [0.2, 0.25) is 0 Å². The zero-order valence-electron chi connectivity index (χ0n) is 10.1. The minimum absolute atomic E-state index is 0.392. The Balaban J connectivity index is 3.77. The van der Waals surface area contributed by atoms with Crippen molar-refractivity contribution < 1.29 is 14.7 Å². The lowest BCUT2D eigenvalue weighted by Gasteiger charge is -2.14. The van der Waals surface area contributed by atoms with Crippen molar-refractivity contribution in [3.05, 3.63) is 0 Å². The van der Waals surface area contributed by atoms with E-state index in [9.17, 15) is 9.59 Å². The predicted octanol–water partition coefficient (Wildman–Crippen LogP) is 1.73. The number of carboxylic acids is 1. The van der Waals surface area contributed by atoms with Crippen LogP contribution in [0.2, 0.25) is 0 Å². The van der Waals surface area contributed by atoms with Crippen molar-refractivity contribution in [2.75, 3.05) is 6.54 Å². The van der Waals surface area contributed by atoms with Gasteiger partial charge in [0.1, 0.15) is 6.04 Å². The molecule has 0 saturated carbocycles. The number of carboxylic acid groups (broad SMARTS) is 1. The number of amides is 2. The molecule has 94 valence electrons. The van der Waals surface area contributed by atoms with Gasteiger partial charge in [0.05, 0.1) is 0 Å². The molecule has 5 nitrogen and oxygen atoms in total. The van der Waals surface area contributed by atoms with Gasteiger partial charge in [-0.1, -0.05) is 33.1 Å². The fraction of sp³-hybridized carbons (Fsp3) is 0.818. The molecular weight excluding hydrogens is 208 g/mol. The van der Waals surface area contributed by atoms with Crippen LogP contribution in [0.5, 0.6) is 0 Å². The highest BCUT2D eigenvalue weighted by Gasteiger charge is 2.17. The van der Waals surface area contributed by atoms with Gasteiger partial charge in [-0.05, 0) is 12.8 Å². The van der Waals surface area contributed by atoms with Crippen molar-refractivity contribution >= 4 is 12.0 Å². The molecule has 1 atom stereocenters. The molecule has 0 rings (SSSR count). The summed E-state index contributed by atoms with van der Waals surface area (Å²) in [5, 5.41) is 13.9. The molecule has 0 spiro atoms. The predicted molar refractivity (Wildman–Crippen MR) is 62.4 cm³/mol. The van der Waals surface area contributed by atoms with E-state index in [0.29, 0.717) is 13.0 Å². The molecule has 0 aromatic rings. The smallest absolute Gasteiger partial charge is 0.326 e. The average molecular weight is 230 g/mol. The molecule has 0 aliphatic heterocycles. The molecule has 0 heterocycles. The molecule has 0 aliphatic rings. The van der Waals surface area contributed by atoms with Crippen LogP contribution in [-0.2, 0) is 4.79 Å². The molecule has 0 aromatic heterocycles. The van der Waals surface area contributed by atoms with E-state index in [1.807, 2.05) is 6.92 Å². The van der Waals surface area contributed by atoms with Crippen LogP contribution >= 0.6 is 0 Å². The lowest BCUT2D eigenvalue weighted by atomic mass is 10.2. The average Bonchev–Trinajstić information content (AvgIpc) is 2.23. The third-order valence-electron chi connectivity index (χ3n) is 2.25. The Hall–Kier alpha value is -1.26. The first kappa shape index (κ1) is 14.7. The first-order chi connectivity index (χ1) is 7.61. The van der Waals surface area contributed by atoms with E-state index in [4.69, 9.17) is 5.11 Å². The lowest BCUT2D eigenvalue weighted by molar-refractivity contribution is -0.139. The highest BCUT2D eigenvalue weighted by molar-refractivity contribution is 5.82.